The molecule has 0 radical (unpaired) electrons. The van der Waals surface area contributed by atoms with Crippen molar-refractivity contribution in [2.24, 2.45) is 5.41 Å². The number of aryl methyl sites for hydroxylation is 1. The van der Waals surface area contributed by atoms with Gasteiger partial charge < -0.3 is 9.80 Å². The van der Waals surface area contributed by atoms with Crippen molar-refractivity contribution in [2.45, 2.75) is 39.0 Å². The summed E-state index contributed by atoms with van der Waals surface area (Å²) in [7, 11) is 0. The average molecular weight is 400 g/mol. The van der Waals surface area contributed by atoms with E-state index in [0.29, 0.717) is 30.1 Å². The minimum atomic E-state index is -0.00203. The van der Waals surface area contributed by atoms with Gasteiger partial charge in [0.05, 0.1) is 5.69 Å². The Bertz CT molecular complexity index is 855. The molecule has 0 bridgehead atoms. The van der Waals surface area contributed by atoms with Gasteiger partial charge in [0.2, 0.25) is 5.91 Å². The molecule has 2 aromatic rings. The van der Waals surface area contributed by atoms with Gasteiger partial charge in [-0.3, -0.25) is 14.6 Å². The topological polar surface area (TPSA) is 79.3 Å². The summed E-state index contributed by atoms with van der Waals surface area (Å²) in [4.78, 5) is 34.3. The molecule has 8 heteroatoms. The lowest BCUT2D eigenvalue weighted by molar-refractivity contribution is -0.138. The van der Waals surface area contributed by atoms with Crippen LogP contribution in [-0.2, 0) is 11.2 Å². The number of rotatable bonds is 4. The highest BCUT2D eigenvalue weighted by Gasteiger charge is 2.43. The zero-order valence-corrected chi connectivity index (χ0v) is 17.0. The molecule has 2 saturated heterocycles. The molecule has 2 fully saturated rings. The van der Waals surface area contributed by atoms with Gasteiger partial charge in [0.25, 0.3) is 5.91 Å². The van der Waals surface area contributed by atoms with Crippen LogP contribution in [-0.4, -0.2) is 62.4 Å². The molecule has 2 aliphatic rings. The smallest absolute Gasteiger partial charge is 0.267 e. The highest BCUT2D eigenvalue weighted by atomic mass is 32.1. The lowest BCUT2D eigenvalue weighted by Crippen LogP contribution is -2.55. The van der Waals surface area contributed by atoms with E-state index in [-0.39, 0.29) is 17.2 Å². The van der Waals surface area contributed by atoms with Gasteiger partial charge in [0.1, 0.15) is 4.88 Å². The van der Waals surface area contributed by atoms with Gasteiger partial charge in [-0.25, -0.2) is 0 Å². The second kappa shape index (κ2) is 7.95. The molecular weight excluding hydrogens is 374 g/mol. The van der Waals surface area contributed by atoms with Crippen LogP contribution in [0.2, 0.25) is 0 Å². The predicted octanol–water partition coefficient (Wildman–Crippen LogP) is 2.33. The predicted molar refractivity (Wildman–Crippen MR) is 106 cm³/mol. The van der Waals surface area contributed by atoms with E-state index in [9.17, 15) is 9.59 Å². The molecule has 0 aliphatic carbocycles. The van der Waals surface area contributed by atoms with E-state index in [1.807, 2.05) is 34.9 Å². The SMILES string of the molecule is Cc1nnsc1C(=O)N1CCCC2(CCC(=O)N(CCc3ccccn3)C2)C1. The van der Waals surface area contributed by atoms with Gasteiger partial charge in [-0.1, -0.05) is 10.6 Å². The Morgan fingerprint density at radius 1 is 1.29 bits per heavy atom. The van der Waals surface area contributed by atoms with E-state index < -0.39 is 0 Å². The number of amides is 2. The zero-order valence-electron chi connectivity index (χ0n) is 16.1. The van der Waals surface area contributed by atoms with Gasteiger partial charge in [-0.15, -0.1) is 5.10 Å². The second-order valence-electron chi connectivity index (χ2n) is 7.90. The molecule has 0 saturated carbocycles. The quantitative estimate of drug-likeness (QED) is 0.788. The van der Waals surface area contributed by atoms with Crippen LogP contribution in [0.15, 0.2) is 24.4 Å². The van der Waals surface area contributed by atoms with Crippen molar-refractivity contribution in [3.05, 3.63) is 40.7 Å². The monoisotopic (exact) mass is 399 g/mol. The van der Waals surface area contributed by atoms with E-state index in [1.54, 1.807) is 6.20 Å². The standard InChI is InChI=1S/C20H25N5O2S/c1-15-18(28-23-22-15)19(27)25-11-4-8-20(14-25)9-6-17(26)24(13-20)12-7-16-5-2-3-10-21-16/h2-3,5,10H,4,6-9,11-14H2,1H3. The third kappa shape index (κ3) is 3.92. The van der Waals surface area contributed by atoms with Crippen molar-refractivity contribution in [2.75, 3.05) is 26.2 Å². The van der Waals surface area contributed by atoms with Crippen LogP contribution in [0.1, 0.15) is 46.7 Å². The number of piperidine rings is 2. The van der Waals surface area contributed by atoms with Crippen molar-refractivity contribution >= 4 is 23.3 Å². The largest absolute Gasteiger partial charge is 0.342 e. The maximum atomic E-state index is 12.9. The van der Waals surface area contributed by atoms with Gasteiger partial charge in [-0.05, 0) is 49.9 Å². The van der Waals surface area contributed by atoms with Gasteiger partial charge >= 0.3 is 0 Å². The molecule has 0 N–H and O–H groups in total. The Hall–Kier alpha value is -2.35. The molecule has 0 aromatic carbocycles. The van der Waals surface area contributed by atoms with Gasteiger partial charge in [0, 0.05) is 56.3 Å². The normalized spacial score (nSPS) is 22.7. The molecule has 2 aliphatic heterocycles. The molecule has 148 valence electrons. The Morgan fingerprint density at radius 2 is 2.18 bits per heavy atom. The van der Waals surface area contributed by atoms with Gasteiger partial charge in [0.15, 0.2) is 0 Å². The number of carbonyl (C=O) groups excluding carboxylic acids is 2. The van der Waals surface area contributed by atoms with E-state index in [4.69, 9.17) is 0 Å². The van der Waals surface area contributed by atoms with E-state index in [1.165, 1.54) is 11.5 Å². The first kappa shape index (κ1) is 19.0. The third-order valence-electron chi connectivity index (χ3n) is 5.91. The number of aromatic nitrogens is 3. The molecule has 2 amide bonds. The Balaban J connectivity index is 1.43. The maximum absolute atomic E-state index is 12.9. The minimum Gasteiger partial charge on any atom is -0.342 e. The van der Waals surface area contributed by atoms with Crippen molar-refractivity contribution in [1.29, 1.82) is 0 Å². The molecule has 2 aromatic heterocycles. The van der Waals surface area contributed by atoms with E-state index >= 15 is 0 Å². The first-order valence-electron chi connectivity index (χ1n) is 9.82. The molecule has 28 heavy (non-hydrogen) atoms. The number of likely N-dealkylation sites (tertiary alicyclic amines) is 2. The Kier molecular flexibility index (Phi) is 5.39. The summed E-state index contributed by atoms with van der Waals surface area (Å²) in [5, 5.41) is 3.97. The van der Waals surface area contributed by atoms with Crippen molar-refractivity contribution in [3.8, 4) is 0 Å². The highest BCUT2D eigenvalue weighted by molar-refractivity contribution is 7.07. The average Bonchev–Trinajstić information content (AvgIpc) is 3.15. The highest BCUT2D eigenvalue weighted by Crippen LogP contribution is 2.39. The van der Waals surface area contributed by atoms with Crippen LogP contribution in [0.25, 0.3) is 0 Å². The van der Waals surface area contributed by atoms with Crippen LogP contribution in [0.4, 0.5) is 0 Å². The van der Waals surface area contributed by atoms with Crippen LogP contribution in [0.5, 0.6) is 0 Å². The van der Waals surface area contributed by atoms with E-state index in [0.717, 1.165) is 44.5 Å². The molecule has 7 nitrogen and oxygen atoms in total. The Labute approximate surface area is 168 Å². The second-order valence-corrected chi connectivity index (χ2v) is 8.66. The fourth-order valence-corrected chi connectivity index (χ4v) is 5.01. The lowest BCUT2D eigenvalue weighted by atomic mass is 9.73. The third-order valence-corrected chi connectivity index (χ3v) is 6.72. The number of pyridine rings is 1. The van der Waals surface area contributed by atoms with E-state index in [2.05, 4.69) is 14.6 Å². The molecule has 1 atom stereocenters. The number of nitrogens with zero attached hydrogens (tertiary/aromatic N) is 5. The summed E-state index contributed by atoms with van der Waals surface area (Å²) in [6.45, 7) is 4.71. The fraction of sp³-hybridized carbons (Fsp3) is 0.550. The fourth-order valence-electron chi connectivity index (χ4n) is 4.39. The van der Waals surface area contributed by atoms with Crippen LogP contribution >= 0.6 is 11.5 Å². The molecule has 1 unspecified atom stereocenters. The molecule has 1 spiro atoms. The Morgan fingerprint density at radius 3 is 2.93 bits per heavy atom. The summed E-state index contributed by atoms with van der Waals surface area (Å²) >= 11 is 1.17. The number of hydrogen-bond acceptors (Lipinski definition) is 6. The maximum Gasteiger partial charge on any atom is 0.267 e. The van der Waals surface area contributed by atoms with Crippen LogP contribution < -0.4 is 0 Å². The van der Waals surface area contributed by atoms with Crippen LogP contribution in [0.3, 0.4) is 0 Å². The zero-order chi connectivity index (χ0) is 19.6. The van der Waals surface area contributed by atoms with Crippen molar-refractivity contribution in [1.82, 2.24) is 24.4 Å². The number of carbonyl (C=O) groups is 2. The van der Waals surface area contributed by atoms with Crippen molar-refractivity contribution < 1.29 is 9.59 Å². The van der Waals surface area contributed by atoms with Crippen LogP contribution in [0, 0.1) is 12.3 Å². The summed E-state index contributed by atoms with van der Waals surface area (Å²) < 4.78 is 3.90. The molecular formula is C20H25N5O2S. The number of hydrogen-bond donors (Lipinski definition) is 0. The lowest BCUT2D eigenvalue weighted by Gasteiger charge is -2.48. The summed E-state index contributed by atoms with van der Waals surface area (Å²) in [6, 6.07) is 5.87. The summed E-state index contributed by atoms with van der Waals surface area (Å²) in [5.41, 5.74) is 1.70. The van der Waals surface area contributed by atoms with Gasteiger partial charge in [-0.2, -0.15) is 0 Å². The van der Waals surface area contributed by atoms with Crippen molar-refractivity contribution in [3.63, 3.8) is 0 Å². The first-order valence-corrected chi connectivity index (χ1v) is 10.6. The first-order chi connectivity index (χ1) is 13.6. The summed E-state index contributed by atoms with van der Waals surface area (Å²) in [5.74, 6) is 0.246. The minimum absolute atomic E-state index is 0.00203. The molecule has 4 heterocycles. The summed E-state index contributed by atoms with van der Waals surface area (Å²) in [6.07, 6.45) is 6.00. The molecule has 4 rings (SSSR count).